The van der Waals surface area contributed by atoms with E-state index in [0.29, 0.717) is 29.2 Å². The highest BCUT2D eigenvalue weighted by molar-refractivity contribution is 6.15. The zero-order valence-electron chi connectivity index (χ0n) is 21.0. The minimum atomic E-state index is -1.39. The number of carbonyl (C=O) groups is 4. The Morgan fingerprint density at radius 2 is 1.84 bits per heavy atom. The van der Waals surface area contributed by atoms with Crippen molar-refractivity contribution in [2.24, 2.45) is 17.6 Å². The molecule has 0 aliphatic carbocycles. The maximum atomic E-state index is 13.9. The molecule has 4 amide bonds. The lowest BCUT2D eigenvalue weighted by Gasteiger charge is -2.29. The molecule has 4 N–H and O–H groups in total. The fourth-order valence-electron chi connectivity index (χ4n) is 6.08. The van der Waals surface area contributed by atoms with Crippen LogP contribution < -0.4 is 25.8 Å². The van der Waals surface area contributed by atoms with Crippen molar-refractivity contribution in [2.75, 3.05) is 26.1 Å². The summed E-state index contributed by atoms with van der Waals surface area (Å²) in [6.07, 6.45) is 0.688. The van der Waals surface area contributed by atoms with Gasteiger partial charge in [-0.15, -0.1) is 0 Å². The number of hydrogen-bond acceptors (Lipinski definition) is 7. The third-order valence-corrected chi connectivity index (χ3v) is 7.82. The average Bonchev–Trinajstić information content (AvgIpc) is 3.46. The number of amides is 4. The van der Waals surface area contributed by atoms with Gasteiger partial charge in [0.2, 0.25) is 23.6 Å². The van der Waals surface area contributed by atoms with E-state index in [9.17, 15) is 19.2 Å². The van der Waals surface area contributed by atoms with E-state index in [2.05, 4.69) is 10.6 Å². The highest BCUT2D eigenvalue weighted by atomic mass is 16.5. The Kier molecular flexibility index (Phi) is 6.15. The number of nitrogens with one attached hydrogen (secondary N) is 2. The van der Waals surface area contributed by atoms with E-state index >= 15 is 0 Å². The van der Waals surface area contributed by atoms with Crippen LogP contribution in [0.15, 0.2) is 36.4 Å². The van der Waals surface area contributed by atoms with Crippen molar-refractivity contribution in [2.45, 2.75) is 37.8 Å². The molecule has 0 saturated carbocycles. The Labute approximate surface area is 214 Å². The van der Waals surface area contributed by atoms with Gasteiger partial charge in [0.05, 0.1) is 26.1 Å². The highest BCUT2D eigenvalue weighted by Gasteiger charge is 2.70. The van der Waals surface area contributed by atoms with E-state index in [1.807, 2.05) is 37.3 Å². The van der Waals surface area contributed by atoms with Crippen molar-refractivity contribution in [1.29, 1.82) is 0 Å². The SMILES string of the molecule is COc1ccc(CCN2C(=O)[C@@H]3[C@H](CCC(N)=O)N[C@]4(C(=O)Nc5c(C)cccc54)[C@@H]3C2=O)cc1OC. The number of aryl methyl sites for hydroxylation is 1. The smallest absolute Gasteiger partial charge is 0.250 e. The summed E-state index contributed by atoms with van der Waals surface area (Å²) in [6.45, 7) is 2.03. The molecule has 1 spiro atoms. The first kappa shape index (κ1) is 24.8. The summed E-state index contributed by atoms with van der Waals surface area (Å²) in [7, 11) is 3.09. The predicted molar refractivity (Wildman–Crippen MR) is 134 cm³/mol. The van der Waals surface area contributed by atoms with E-state index in [1.54, 1.807) is 20.3 Å². The Hall–Kier alpha value is -3.92. The van der Waals surface area contributed by atoms with Crippen LogP contribution in [0.4, 0.5) is 5.69 Å². The third-order valence-electron chi connectivity index (χ3n) is 7.82. The zero-order valence-corrected chi connectivity index (χ0v) is 21.0. The maximum absolute atomic E-state index is 13.9. The largest absolute Gasteiger partial charge is 0.493 e. The first-order valence-corrected chi connectivity index (χ1v) is 12.3. The first-order chi connectivity index (χ1) is 17.7. The molecule has 0 unspecified atom stereocenters. The number of rotatable bonds is 8. The standard InChI is InChI=1S/C27H30N4O6/c1-14-5-4-6-16-23(14)29-26(35)27(16)22-21(17(30-27)8-10-20(28)32)24(33)31(25(22)34)12-11-15-7-9-18(36-2)19(13-15)37-3/h4-7,9,13,17,21-22,30H,8,10-12H2,1-3H3,(H2,28,32)(H,29,35)/t17-,21+,22-,27-/m0/s1. The Balaban J connectivity index is 1.48. The first-order valence-electron chi connectivity index (χ1n) is 12.3. The molecule has 2 fully saturated rings. The second kappa shape index (κ2) is 9.19. The lowest BCUT2D eigenvalue weighted by atomic mass is 9.76. The number of ether oxygens (including phenoxy) is 2. The lowest BCUT2D eigenvalue weighted by Crippen LogP contribution is -2.53. The number of imide groups is 1. The van der Waals surface area contributed by atoms with Gasteiger partial charge in [0.25, 0.3) is 0 Å². The number of hydrogen-bond donors (Lipinski definition) is 3. The van der Waals surface area contributed by atoms with E-state index in [4.69, 9.17) is 15.2 Å². The van der Waals surface area contributed by atoms with E-state index < -0.39 is 35.2 Å². The molecule has 2 aromatic rings. The number of nitrogens with two attached hydrogens (primary N) is 1. The Bertz CT molecular complexity index is 1310. The quantitative estimate of drug-likeness (QED) is 0.458. The molecule has 10 heteroatoms. The molecule has 5 rings (SSSR count). The van der Waals surface area contributed by atoms with Gasteiger partial charge in [-0.05, 0) is 43.0 Å². The normalized spacial score (nSPS) is 25.9. The summed E-state index contributed by atoms with van der Waals surface area (Å²) in [4.78, 5) is 53.9. The number of methoxy groups -OCH3 is 2. The lowest BCUT2D eigenvalue weighted by molar-refractivity contribution is -0.142. The third kappa shape index (κ3) is 3.74. The summed E-state index contributed by atoms with van der Waals surface area (Å²) >= 11 is 0. The molecule has 37 heavy (non-hydrogen) atoms. The number of fused-ring (bicyclic) bond motifs is 4. The van der Waals surface area contributed by atoms with E-state index in [-0.39, 0.29) is 31.2 Å². The van der Waals surface area contributed by atoms with Crippen LogP contribution in [0, 0.1) is 18.8 Å². The summed E-state index contributed by atoms with van der Waals surface area (Å²) < 4.78 is 10.7. The summed E-state index contributed by atoms with van der Waals surface area (Å²) in [6, 6.07) is 10.4. The number of para-hydroxylation sites is 1. The van der Waals surface area contributed by atoms with Crippen molar-refractivity contribution in [3.63, 3.8) is 0 Å². The van der Waals surface area contributed by atoms with Crippen LogP contribution in [0.2, 0.25) is 0 Å². The van der Waals surface area contributed by atoms with Gasteiger partial charge in [-0.1, -0.05) is 24.3 Å². The van der Waals surface area contributed by atoms with Crippen LogP contribution in [-0.2, 0) is 31.1 Å². The molecule has 10 nitrogen and oxygen atoms in total. The van der Waals surface area contributed by atoms with Crippen molar-refractivity contribution < 1.29 is 28.7 Å². The molecule has 3 aliphatic heterocycles. The molecule has 194 valence electrons. The molecule has 3 aliphatic rings. The van der Waals surface area contributed by atoms with Crippen LogP contribution in [-0.4, -0.2) is 55.3 Å². The monoisotopic (exact) mass is 506 g/mol. The van der Waals surface area contributed by atoms with Crippen molar-refractivity contribution in [3.05, 3.63) is 53.1 Å². The fraction of sp³-hybridized carbons (Fsp3) is 0.407. The van der Waals surface area contributed by atoms with Crippen LogP contribution in [0.3, 0.4) is 0 Å². The molecular weight excluding hydrogens is 476 g/mol. The molecular formula is C27H30N4O6. The van der Waals surface area contributed by atoms with Gasteiger partial charge >= 0.3 is 0 Å². The average molecular weight is 507 g/mol. The van der Waals surface area contributed by atoms with Gasteiger partial charge in [-0.2, -0.15) is 0 Å². The van der Waals surface area contributed by atoms with Crippen LogP contribution in [0.1, 0.15) is 29.5 Å². The second-order valence-electron chi connectivity index (χ2n) is 9.79. The van der Waals surface area contributed by atoms with Gasteiger partial charge in [-0.25, -0.2) is 0 Å². The van der Waals surface area contributed by atoms with Gasteiger partial charge in [0, 0.05) is 30.3 Å². The fourth-order valence-corrected chi connectivity index (χ4v) is 6.08. The van der Waals surface area contributed by atoms with Crippen LogP contribution >= 0.6 is 0 Å². The molecule has 2 aromatic carbocycles. The van der Waals surface area contributed by atoms with Gasteiger partial charge in [0.15, 0.2) is 11.5 Å². The van der Waals surface area contributed by atoms with Gasteiger partial charge in [-0.3, -0.25) is 29.4 Å². The molecule has 0 radical (unpaired) electrons. The van der Waals surface area contributed by atoms with Crippen LogP contribution in [0.5, 0.6) is 11.5 Å². The number of likely N-dealkylation sites (tertiary alicyclic amines) is 1. The molecule has 4 atom stereocenters. The van der Waals surface area contributed by atoms with Crippen molar-refractivity contribution >= 4 is 29.3 Å². The zero-order chi connectivity index (χ0) is 26.5. The van der Waals surface area contributed by atoms with Gasteiger partial charge in [0.1, 0.15) is 5.54 Å². The number of carbonyl (C=O) groups excluding carboxylic acids is 4. The van der Waals surface area contributed by atoms with Crippen molar-refractivity contribution in [1.82, 2.24) is 10.2 Å². The Morgan fingerprint density at radius 3 is 2.54 bits per heavy atom. The minimum Gasteiger partial charge on any atom is -0.493 e. The number of primary amides is 1. The molecule has 2 saturated heterocycles. The van der Waals surface area contributed by atoms with E-state index in [1.165, 1.54) is 4.90 Å². The Morgan fingerprint density at radius 1 is 1.08 bits per heavy atom. The van der Waals surface area contributed by atoms with Crippen molar-refractivity contribution in [3.8, 4) is 11.5 Å². The highest BCUT2D eigenvalue weighted by Crippen LogP contribution is 2.54. The second-order valence-corrected chi connectivity index (χ2v) is 9.79. The summed E-state index contributed by atoms with van der Waals surface area (Å²) in [5.74, 6) is -2.18. The molecule has 0 aromatic heterocycles. The number of benzene rings is 2. The summed E-state index contributed by atoms with van der Waals surface area (Å²) in [5, 5.41) is 6.25. The molecule has 0 bridgehead atoms. The topological polar surface area (TPSA) is 140 Å². The van der Waals surface area contributed by atoms with Gasteiger partial charge < -0.3 is 20.5 Å². The maximum Gasteiger partial charge on any atom is 0.250 e. The number of anilines is 1. The van der Waals surface area contributed by atoms with E-state index in [0.717, 1.165) is 11.1 Å². The van der Waals surface area contributed by atoms with Crippen LogP contribution in [0.25, 0.3) is 0 Å². The minimum absolute atomic E-state index is 0.0341. The predicted octanol–water partition coefficient (Wildman–Crippen LogP) is 1.24. The molecule has 3 heterocycles. The summed E-state index contributed by atoms with van der Waals surface area (Å²) in [5.41, 5.74) is 7.04. The number of nitrogens with zero attached hydrogens (tertiary/aromatic N) is 1.